The minimum absolute atomic E-state index is 0.595. The van der Waals surface area contributed by atoms with Gasteiger partial charge in [0.15, 0.2) is 11.5 Å². The summed E-state index contributed by atoms with van der Waals surface area (Å²) in [6.07, 6.45) is 0. The maximum atomic E-state index is 5.63. The van der Waals surface area contributed by atoms with E-state index in [2.05, 4.69) is 33.4 Å². The Morgan fingerprint density at radius 2 is 1.88 bits per heavy atom. The topological polar surface area (TPSA) is 39.7 Å². The van der Waals surface area contributed by atoms with Crippen LogP contribution in [0.15, 0.2) is 40.9 Å². The summed E-state index contributed by atoms with van der Waals surface area (Å²) in [6.45, 7) is 6.55. The quantitative estimate of drug-likeness (QED) is 0.650. The average Bonchev–Trinajstić information content (AvgIpc) is 2.60. The summed E-state index contributed by atoms with van der Waals surface area (Å²) < 4.78 is 17.5. The van der Waals surface area contributed by atoms with Gasteiger partial charge in [0.05, 0.1) is 24.8 Å². The molecule has 0 heterocycles. The van der Waals surface area contributed by atoms with E-state index in [0.29, 0.717) is 26.4 Å². The first-order valence-corrected chi connectivity index (χ1v) is 8.87. The minimum Gasteiger partial charge on any atom is -0.493 e. The maximum absolute atomic E-state index is 5.63. The molecule has 2 aromatic rings. The van der Waals surface area contributed by atoms with Crippen LogP contribution >= 0.6 is 15.9 Å². The number of benzene rings is 2. The van der Waals surface area contributed by atoms with Crippen LogP contribution in [0.1, 0.15) is 25.0 Å². The summed E-state index contributed by atoms with van der Waals surface area (Å²) in [5.41, 5.74) is 3.33. The van der Waals surface area contributed by atoms with Gasteiger partial charge in [-0.15, -0.1) is 0 Å². The van der Waals surface area contributed by atoms with Crippen LogP contribution in [-0.2, 0) is 17.9 Å². The Hall–Kier alpha value is -1.72. The molecule has 0 unspecified atom stereocenters. The number of anilines is 1. The molecule has 5 heteroatoms. The number of hydrogen-bond acceptors (Lipinski definition) is 4. The molecule has 2 aromatic carbocycles. The minimum atomic E-state index is 0.595. The SMILES string of the molecule is CCOCc1ccccc1NCc1cc(Br)c(OCC)c(OC)c1. The highest BCUT2D eigenvalue weighted by Crippen LogP contribution is 2.36. The number of nitrogens with one attached hydrogen (secondary N) is 1. The number of para-hydroxylation sites is 1. The highest BCUT2D eigenvalue weighted by Gasteiger charge is 2.11. The fraction of sp³-hybridized carbons (Fsp3) is 0.368. The second-order valence-corrected chi connectivity index (χ2v) is 6.04. The summed E-state index contributed by atoms with van der Waals surface area (Å²) in [5, 5.41) is 3.47. The molecule has 0 aliphatic rings. The zero-order chi connectivity index (χ0) is 17.4. The molecule has 0 aromatic heterocycles. The second kappa shape index (κ2) is 9.55. The van der Waals surface area contributed by atoms with Crippen LogP contribution < -0.4 is 14.8 Å². The van der Waals surface area contributed by atoms with Gasteiger partial charge >= 0.3 is 0 Å². The Labute approximate surface area is 152 Å². The normalized spacial score (nSPS) is 10.5. The molecule has 0 spiro atoms. The molecule has 0 atom stereocenters. The van der Waals surface area contributed by atoms with Gasteiger partial charge < -0.3 is 19.5 Å². The van der Waals surface area contributed by atoms with Gasteiger partial charge in [0.25, 0.3) is 0 Å². The molecular formula is C19H24BrNO3. The molecule has 0 radical (unpaired) electrons. The second-order valence-electron chi connectivity index (χ2n) is 5.19. The molecule has 0 aliphatic carbocycles. The van der Waals surface area contributed by atoms with E-state index in [4.69, 9.17) is 14.2 Å². The summed E-state index contributed by atoms with van der Waals surface area (Å²) in [7, 11) is 1.65. The van der Waals surface area contributed by atoms with E-state index in [1.165, 1.54) is 0 Å². The Balaban J connectivity index is 2.13. The third-order valence-electron chi connectivity index (χ3n) is 3.54. The van der Waals surface area contributed by atoms with E-state index < -0.39 is 0 Å². The molecule has 0 bridgehead atoms. The summed E-state index contributed by atoms with van der Waals surface area (Å²) in [4.78, 5) is 0. The largest absolute Gasteiger partial charge is 0.493 e. The third kappa shape index (κ3) is 4.89. The van der Waals surface area contributed by atoms with E-state index in [1.54, 1.807) is 7.11 Å². The lowest BCUT2D eigenvalue weighted by molar-refractivity contribution is 0.134. The predicted octanol–water partition coefficient (Wildman–Crippen LogP) is 5.01. The molecule has 1 N–H and O–H groups in total. The molecule has 2 rings (SSSR count). The number of rotatable bonds is 9. The molecular weight excluding hydrogens is 370 g/mol. The molecule has 0 saturated heterocycles. The van der Waals surface area contributed by atoms with Crippen molar-refractivity contribution in [1.82, 2.24) is 0 Å². The Morgan fingerprint density at radius 3 is 2.58 bits per heavy atom. The van der Waals surface area contributed by atoms with Crippen molar-refractivity contribution in [3.05, 3.63) is 52.0 Å². The van der Waals surface area contributed by atoms with Crippen LogP contribution in [0.25, 0.3) is 0 Å². The van der Waals surface area contributed by atoms with Gasteiger partial charge in [-0.1, -0.05) is 18.2 Å². The van der Waals surface area contributed by atoms with Crippen LogP contribution in [0, 0.1) is 0 Å². The number of hydrogen-bond donors (Lipinski definition) is 1. The van der Waals surface area contributed by atoms with E-state index in [1.807, 2.05) is 38.1 Å². The van der Waals surface area contributed by atoms with Crippen molar-refractivity contribution >= 4 is 21.6 Å². The molecule has 4 nitrogen and oxygen atoms in total. The molecule has 0 aliphatic heterocycles. The van der Waals surface area contributed by atoms with Gasteiger partial charge in [0.1, 0.15) is 0 Å². The monoisotopic (exact) mass is 393 g/mol. The van der Waals surface area contributed by atoms with Crippen molar-refractivity contribution in [3.63, 3.8) is 0 Å². The van der Waals surface area contributed by atoms with E-state index in [0.717, 1.165) is 32.8 Å². The predicted molar refractivity (Wildman–Crippen MR) is 101 cm³/mol. The number of methoxy groups -OCH3 is 1. The fourth-order valence-electron chi connectivity index (χ4n) is 2.39. The first-order chi connectivity index (χ1) is 11.7. The smallest absolute Gasteiger partial charge is 0.175 e. The first-order valence-electron chi connectivity index (χ1n) is 8.08. The molecule has 0 amide bonds. The molecule has 0 saturated carbocycles. The van der Waals surface area contributed by atoms with Gasteiger partial charge in [0.2, 0.25) is 0 Å². The number of halogens is 1. The van der Waals surface area contributed by atoms with Crippen molar-refractivity contribution in [2.24, 2.45) is 0 Å². The Kier molecular flexibility index (Phi) is 7.40. The summed E-state index contributed by atoms with van der Waals surface area (Å²) in [5.74, 6) is 1.46. The highest BCUT2D eigenvalue weighted by molar-refractivity contribution is 9.10. The summed E-state index contributed by atoms with van der Waals surface area (Å²) >= 11 is 3.56. The Bertz CT molecular complexity index is 661. The lowest BCUT2D eigenvalue weighted by Gasteiger charge is -2.15. The van der Waals surface area contributed by atoms with Crippen LogP contribution in [0.3, 0.4) is 0 Å². The van der Waals surface area contributed by atoms with Crippen LogP contribution in [-0.4, -0.2) is 20.3 Å². The zero-order valence-electron chi connectivity index (χ0n) is 14.4. The molecule has 130 valence electrons. The lowest BCUT2D eigenvalue weighted by Crippen LogP contribution is -2.05. The zero-order valence-corrected chi connectivity index (χ0v) is 16.0. The third-order valence-corrected chi connectivity index (χ3v) is 4.13. The lowest BCUT2D eigenvalue weighted by atomic mass is 10.1. The Morgan fingerprint density at radius 1 is 1.08 bits per heavy atom. The first kappa shape index (κ1) is 18.6. The van der Waals surface area contributed by atoms with Crippen molar-refractivity contribution < 1.29 is 14.2 Å². The van der Waals surface area contributed by atoms with Crippen molar-refractivity contribution in [1.29, 1.82) is 0 Å². The van der Waals surface area contributed by atoms with E-state index >= 15 is 0 Å². The molecule has 24 heavy (non-hydrogen) atoms. The molecule has 0 fully saturated rings. The standard InChI is InChI=1S/C19H24BrNO3/c1-4-23-13-15-8-6-7-9-17(15)21-12-14-10-16(20)19(24-5-2)18(11-14)22-3/h6-11,21H,4-5,12-13H2,1-3H3. The van der Waals surface area contributed by atoms with Crippen molar-refractivity contribution in [3.8, 4) is 11.5 Å². The summed E-state index contributed by atoms with van der Waals surface area (Å²) in [6, 6.07) is 12.2. The van der Waals surface area contributed by atoms with Gasteiger partial charge in [-0.3, -0.25) is 0 Å². The van der Waals surface area contributed by atoms with Crippen LogP contribution in [0.4, 0.5) is 5.69 Å². The maximum Gasteiger partial charge on any atom is 0.175 e. The van der Waals surface area contributed by atoms with Gasteiger partial charge in [-0.2, -0.15) is 0 Å². The van der Waals surface area contributed by atoms with Crippen molar-refractivity contribution in [2.45, 2.75) is 27.0 Å². The fourth-order valence-corrected chi connectivity index (χ4v) is 2.99. The van der Waals surface area contributed by atoms with E-state index in [-0.39, 0.29) is 0 Å². The number of ether oxygens (including phenoxy) is 3. The van der Waals surface area contributed by atoms with Crippen LogP contribution in [0.2, 0.25) is 0 Å². The highest BCUT2D eigenvalue weighted by atomic mass is 79.9. The van der Waals surface area contributed by atoms with Gasteiger partial charge in [-0.05, 0) is 53.5 Å². The van der Waals surface area contributed by atoms with Crippen LogP contribution in [0.5, 0.6) is 11.5 Å². The van der Waals surface area contributed by atoms with Gasteiger partial charge in [-0.25, -0.2) is 0 Å². The average molecular weight is 394 g/mol. The van der Waals surface area contributed by atoms with Crippen molar-refractivity contribution in [2.75, 3.05) is 25.6 Å². The van der Waals surface area contributed by atoms with Gasteiger partial charge in [0, 0.05) is 24.4 Å². The van der Waals surface area contributed by atoms with E-state index in [9.17, 15) is 0 Å².